The zero-order chi connectivity index (χ0) is 13.2. The summed E-state index contributed by atoms with van der Waals surface area (Å²) in [5.74, 6) is -0.456. The lowest BCUT2D eigenvalue weighted by Crippen LogP contribution is -1.98. The lowest BCUT2D eigenvalue weighted by atomic mass is 10.1. The number of aromatic nitrogens is 1. The molecule has 0 aliphatic heterocycles. The maximum atomic E-state index is 11.3. The Morgan fingerprint density at radius 2 is 1.95 bits per heavy atom. The Morgan fingerprint density at radius 1 is 1.16 bits per heavy atom. The van der Waals surface area contributed by atoms with Crippen LogP contribution >= 0.6 is 11.3 Å². The van der Waals surface area contributed by atoms with Gasteiger partial charge in [-0.25, -0.2) is 9.78 Å². The fourth-order valence-corrected chi connectivity index (χ4v) is 2.79. The Hall–Kier alpha value is -2.40. The lowest BCUT2D eigenvalue weighted by Gasteiger charge is -1.97. The molecule has 0 spiro atoms. The predicted molar refractivity (Wildman–Crippen MR) is 72.2 cm³/mol. The summed E-state index contributed by atoms with van der Waals surface area (Å²) in [4.78, 5) is 16.1. The number of nitrogens with zero attached hydrogens (tertiary/aromatic N) is 1. The topological polar surface area (TPSA) is 63.3 Å². The number of rotatable bonds is 3. The van der Waals surface area contributed by atoms with E-state index in [1.807, 2.05) is 30.3 Å². The average molecular weight is 271 g/mol. The molecule has 3 aromatic rings. The molecule has 0 atom stereocenters. The fourth-order valence-electron chi connectivity index (χ4n) is 1.76. The Morgan fingerprint density at radius 3 is 2.58 bits per heavy atom. The highest BCUT2D eigenvalue weighted by atomic mass is 32.1. The summed E-state index contributed by atoms with van der Waals surface area (Å²) in [5, 5.41) is 9.82. The quantitative estimate of drug-likeness (QED) is 0.787. The van der Waals surface area contributed by atoms with Crippen LogP contribution in [0.1, 0.15) is 10.5 Å². The van der Waals surface area contributed by atoms with Crippen LogP contribution in [-0.2, 0) is 0 Å². The molecule has 1 N–H and O–H groups in total. The first kappa shape index (κ1) is 11.7. The van der Waals surface area contributed by atoms with E-state index in [4.69, 9.17) is 4.42 Å². The molecule has 0 saturated heterocycles. The van der Waals surface area contributed by atoms with Crippen LogP contribution in [0.4, 0.5) is 0 Å². The van der Waals surface area contributed by atoms with E-state index in [2.05, 4.69) is 4.98 Å². The van der Waals surface area contributed by atoms with Crippen molar-refractivity contribution in [3.05, 3.63) is 54.4 Å². The first-order valence-electron chi connectivity index (χ1n) is 5.59. The first-order chi connectivity index (χ1) is 9.25. The van der Waals surface area contributed by atoms with Crippen LogP contribution in [0.25, 0.3) is 21.2 Å². The van der Waals surface area contributed by atoms with E-state index in [9.17, 15) is 9.90 Å². The molecule has 4 nitrogen and oxygen atoms in total. The van der Waals surface area contributed by atoms with Crippen molar-refractivity contribution in [2.45, 2.75) is 0 Å². The molecule has 94 valence electrons. The first-order valence-corrected chi connectivity index (χ1v) is 6.41. The van der Waals surface area contributed by atoms with Gasteiger partial charge in [-0.2, -0.15) is 0 Å². The molecule has 2 heterocycles. The van der Waals surface area contributed by atoms with Crippen molar-refractivity contribution in [1.29, 1.82) is 0 Å². The molecule has 5 heteroatoms. The highest BCUT2D eigenvalue weighted by molar-refractivity contribution is 7.18. The highest BCUT2D eigenvalue weighted by Gasteiger charge is 2.20. The minimum absolute atomic E-state index is 0.0580. The van der Waals surface area contributed by atoms with E-state index in [0.29, 0.717) is 15.6 Å². The molecule has 2 aromatic heterocycles. The van der Waals surface area contributed by atoms with Crippen LogP contribution in [0.2, 0.25) is 0 Å². The van der Waals surface area contributed by atoms with Crippen molar-refractivity contribution >= 4 is 17.3 Å². The molecule has 1 aromatic carbocycles. The fraction of sp³-hybridized carbons (Fsp3) is 0. The van der Waals surface area contributed by atoms with Gasteiger partial charge in [0.1, 0.15) is 0 Å². The third kappa shape index (κ3) is 2.15. The van der Waals surface area contributed by atoms with Crippen LogP contribution < -0.4 is 0 Å². The standard InChI is InChI=1S/C14H9NO3S/c16-14(17)11-12(9-5-2-1-3-6-9)19-13(15-11)10-7-4-8-18-10/h1-8H,(H,16,17). The largest absolute Gasteiger partial charge is 0.476 e. The van der Waals surface area contributed by atoms with Crippen LogP contribution in [-0.4, -0.2) is 16.1 Å². The van der Waals surface area contributed by atoms with Crippen molar-refractivity contribution in [1.82, 2.24) is 4.98 Å². The smallest absolute Gasteiger partial charge is 0.356 e. The van der Waals surface area contributed by atoms with E-state index in [1.54, 1.807) is 18.4 Å². The molecule has 0 unspecified atom stereocenters. The van der Waals surface area contributed by atoms with Gasteiger partial charge in [0.2, 0.25) is 0 Å². The van der Waals surface area contributed by atoms with E-state index in [0.717, 1.165) is 5.56 Å². The van der Waals surface area contributed by atoms with Gasteiger partial charge in [0.05, 0.1) is 11.1 Å². The van der Waals surface area contributed by atoms with Gasteiger partial charge in [0, 0.05) is 0 Å². The molecule has 0 saturated carbocycles. The monoisotopic (exact) mass is 271 g/mol. The number of carbonyl (C=O) groups is 1. The summed E-state index contributed by atoms with van der Waals surface area (Å²) in [6.07, 6.45) is 1.54. The summed E-state index contributed by atoms with van der Waals surface area (Å²) in [7, 11) is 0. The van der Waals surface area contributed by atoms with Gasteiger partial charge in [-0.05, 0) is 17.7 Å². The molecule has 0 bridgehead atoms. The van der Waals surface area contributed by atoms with E-state index in [1.165, 1.54) is 11.3 Å². The Bertz CT molecular complexity index is 702. The number of furan rings is 1. The molecule has 0 amide bonds. The van der Waals surface area contributed by atoms with Crippen LogP contribution in [0.3, 0.4) is 0 Å². The van der Waals surface area contributed by atoms with Gasteiger partial charge in [0.15, 0.2) is 16.5 Å². The van der Waals surface area contributed by atoms with Gasteiger partial charge >= 0.3 is 5.97 Å². The van der Waals surface area contributed by atoms with Gasteiger partial charge in [0.25, 0.3) is 0 Å². The molecule has 0 fully saturated rings. The maximum absolute atomic E-state index is 11.3. The average Bonchev–Trinajstić information content (AvgIpc) is 3.08. The number of carboxylic acid groups (broad SMARTS) is 1. The van der Waals surface area contributed by atoms with E-state index < -0.39 is 5.97 Å². The Kier molecular flexibility index (Phi) is 2.89. The van der Waals surface area contributed by atoms with E-state index >= 15 is 0 Å². The van der Waals surface area contributed by atoms with Crippen molar-refractivity contribution in [2.75, 3.05) is 0 Å². The summed E-state index contributed by atoms with van der Waals surface area (Å²) < 4.78 is 5.26. The van der Waals surface area contributed by atoms with Gasteiger partial charge in [-0.3, -0.25) is 0 Å². The number of hydrogen-bond donors (Lipinski definition) is 1. The van der Waals surface area contributed by atoms with Crippen molar-refractivity contribution in [2.24, 2.45) is 0 Å². The van der Waals surface area contributed by atoms with Crippen LogP contribution in [0, 0.1) is 0 Å². The van der Waals surface area contributed by atoms with Crippen molar-refractivity contribution in [3.8, 4) is 21.2 Å². The number of aromatic carboxylic acids is 1. The molecule has 19 heavy (non-hydrogen) atoms. The van der Waals surface area contributed by atoms with Gasteiger partial charge < -0.3 is 9.52 Å². The zero-order valence-corrected chi connectivity index (χ0v) is 10.6. The summed E-state index contributed by atoms with van der Waals surface area (Å²) in [6, 6.07) is 12.9. The third-order valence-corrected chi connectivity index (χ3v) is 3.72. The zero-order valence-electron chi connectivity index (χ0n) is 9.74. The molecule has 0 aliphatic rings. The van der Waals surface area contributed by atoms with E-state index in [-0.39, 0.29) is 5.69 Å². The van der Waals surface area contributed by atoms with Crippen LogP contribution in [0.15, 0.2) is 53.1 Å². The Balaban J connectivity index is 2.16. The number of benzene rings is 1. The maximum Gasteiger partial charge on any atom is 0.356 e. The number of carboxylic acids is 1. The second-order valence-corrected chi connectivity index (χ2v) is 4.84. The highest BCUT2D eigenvalue weighted by Crippen LogP contribution is 2.35. The Labute approximate surface area is 113 Å². The second kappa shape index (κ2) is 4.70. The van der Waals surface area contributed by atoms with Gasteiger partial charge in [-0.15, -0.1) is 11.3 Å². The number of hydrogen-bond acceptors (Lipinski definition) is 4. The molecular formula is C14H9NO3S. The second-order valence-electron chi connectivity index (χ2n) is 3.85. The summed E-state index contributed by atoms with van der Waals surface area (Å²) in [5.41, 5.74) is 0.901. The molecule has 3 rings (SSSR count). The summed E-state index contributed by atoms with van der Waals surface area (Å²) >= 11 is 1.31. The van der Waals surface area contributed by atoms with Crippen molar-refractivity contribution in [3.63, 3.8) is 0 Å². The van der Waals surface area contributed by atoms with Gasteiger partial charge in [-0.1, -0.05) is 30.3 Å². The van der Waals surface area contributed by atoms with Crippen LogP contribution in [0.5, 0.6) is 0 Å². The lowest BCUT2D eigenvalue weighted by molar-refractivity contribution is 0.0692. The number of thiazole rings is 1. The summed E-state index contributed by atoms with van der Waals surface area (Å²) in [6.45, 7) is 0. The molecule has 0 radical (unpaired) electrons. The predicted octanol–water partition coefficient (Wildman–Crippen LogP) is 3.77. The SMILES string of the molecule is O=C(O)c1nc(-c2ccco2)sc1-c1ccccc1. The third-order valence-electron chi connectivity index (χ3n) is 2.60. The van der Waals surface area contributed by atoms with Crippen molar-refractivity contribution < 1.29 is 14.3 Å². The minimum Gasteiger partial charge on any atom is -0.476 e. The molecular weight excluding hydrogens is 262 g/mol. The minimum atomic E-state index is -1.03. The normalized spacial score (nSPS) is 10.5. The molecule has 0 aliphatic carbocycles.